The van der Waals surface area contributed by atoms with Crippen LogP contribution >= 0.6 is 0 Å². The van der Waals surface area contributed by atoms with E-state index in [0.29, 0.717) is 34.1 Å². The summed E-state index contributed by atoms with van der Waals surface area (Å²) in [6, 6.07) is 21.1. The van der Waals surface area contributed by atoms with Gasteiger partial charge in [-0.15, -0.1) is 0 Å². The molecule has 31 heavy (non-hydrogen) atoms. The first-order chi connectivity index (χ1) is 15.1. The molecule has 0 aliphatic heterocycles. The molecule has 0 radical (unpaired) electrons. The number of aliphatic hydroxyl groups is 1. The van der Waals surface area contributed by atoms with E-state index in [-0.39, 0.29) is 12.4 Å². The van der Waals surface area contributed by atoms with Crippen molar-refractivity contribution in [1.29, 1.82) is 0 Å². The molecule has 2 aromatic carbocycles. The molecule has 0 atom stereocenters. The molecule has 3 N–H and O–H groups in total. The minimum Gasteiger partial charge on any atom is -0.392 e. The van der Waals surface area contributed by atoms with Gasteiger partial charge in [0.15, 0.2) is 11.5 Å². The lowest BCUT2D eigenvalue weighted by Gasteiger charge is -2.11. The maximum Gasteiger partial charge on any atom is 0.165 e. The van der Waals surface area contributed by atoms with Gasteiger partial charge in [0.1, 0.15) is 17.2 Å². The highest BCUT2D eigenvalue weighted by Crippen LogP contribution is 2.31. The third kappa shape index (κ3) is 3.41. The van der Waals surface area contributed by atoms with Crippen molar-refractivity contribution < 1.29 is 9.50 Å². The van der Waals surface area contributed by atoms with Crippen LogP contribution in [0.15, 0.2) is 79.0 Å². The SMILES string of the molecule is Nc1ncccc1-c1nc2ccc(-c3ccc(F)cc3)nc2n1-c1ccc(CO)cc1. The predicted octanol–water partition coefficient (Wildman–Crippen LogP) is 4.36. The summed E-state index contributed by atoms with van der Waals surface area (Å²) >= 11 is 0. The first-order valence-electron chi connectivity index (χ1n) is 9.70. The summed E-state index contributed by atoms with van der Waals surface area (Å²) in [6.07, 6.45) is 1.63. The highest BCUT2D eigenvalue weighted by molar-refractivity contribution is 5.84. The van der Waals surface area contributed by atoms with E-state index >= 15 is 0 Å². The molecule has 5 rings (SSSR count). The third-order valence-corrected chi connectivity index (χ3v) is 5.10. The van der Waals surface area contributed by atoms with Gasteiger partial charge < -0.3 is 10.8 Å². The molecule has 5 aromatic rings. The number of nitrogens with zero attached hydrogens (tertiary/aromatic N) is 4. The number of nitrogens with two attached hydrogens (primary N) is 1. The molecule has 0 aliphatic rings. The normalized spacial score (nSPS) is 11.2. The number of hydrogen-bond acceptors (Lipinski definition) is 5. The van der Waals surface area contributed by atoms with Gasteiger partial charge in [-0.25, -0.2) is 19.3 Å². The lowest BCUT2D eigenvalue weighted by molar-refractivity contribution is 0.282. The molecule has 7 heteroatoms. The van der Waals surface area contributed by atoms with Crippen molar-refractivity contribution in [2.24, 2.45) is 0 Å². The van der Waals surface area contributed by atoms with Crippen LogP contribution < -0.4 is 5.73 Å². The van der Waals surface area contributed by atoms with Gasteiger partial charge in [0, 0.05) is 17.4 Å². The lowest BCUT2D eigenvalue weighted by atomic mass is 10.1. The van der Waals surface area contributed by atoms with E-state index in [1.165, 1.54) is 12.1 Å². The molecule has 152 valence electrons. The molecule has 0 bridgehead atoms. The van der Waals surface area contributed by atoms with Gasteiger partial charge in [-0.3, -0.25) is 4.57 Å². The van der Waals surface area contributed by atoms with Gasteiger partial charge in [0.05, 0.1) is 17.9 Å². The van der Waals surface area contributed by atoms with Gasteiger partial charge >= 0.3 is 0 Å². The summed E-state index contributed by atoms with van der Waals surface area (Å²) in [5.74, 6) is 0.680. The Hall–Kier alpha value is -4.10. The number of halogens is 1. The van der Waals surface area contributed by atoms with Crippen LogP contribution in [0.2, 0.25) is 0 Å². The molecule has 6 nitrogen and oxygen atoms in total. The molecule has 0 aliphatic carbocycles. The van der Waals surface area contributed by atoms with Crippen molar-refractivity contribution >= 4 is 17.0 Å². The fraction of sp³-hybridized carbons (Fsp3) is 0.0417. The average molecular weight is 411 g/mol. The van der Waals surface area contributed by atoms with Crippen molar-refractivity contribution in [3.63, 3.8) is 0 Å². The third-order valence-electron chi connectivity index (χ3n) is 5.10. The Bertz CT molecular complexity index is 1380. The van der Waals surface area contributed by atoms with Crippen LogP contribution in [0.3, 0.4) is 0 Å². The van der Waals surface area contributed by atoms with Crippen molar-refractivity contribution in [3.05, 3.63) is 90.4 Å². The van der Waals surface area contributed by atoms with Crippen LogP contribution in [0.5, 0.6) is 0 Å². The minimum atomic E-state index is -0.298. The zero-order valence-electron chi connectivity index (χ0n) is 16.4. The Kier molecular flexibility index (Phi) is 4.65. The van der Waals surface area contributed by atoms with Crippen molar-refractivity contribution in [1.82, 2.24) is 19.5 Å². The molecule has 0 saturated heterocycles. The van der Waals surface area contributed by atoms with Crippen LogP contribution in [-0.2, 0) is 6.61 Å². The second-order valence-electron chi connectivity index (χ2n) is 7.08. The molecule has 0 amide bonds. The molecule has 0 spiro atoms. The Morgan fingerprint density at radius 2 is 1.68 bits per heavy atom. The number of imidazole rings is 1. The fourth-order valence-electron chi connectivity index (χ4n) is 3.52. The van der Waals surface area contributed by atoms with E-state index in [2.05, 4.69) is 4.98 Å². The van der Waals surface area contributed by atoms with Crippen molar-refractivity contribution in [2.75, 3.05) is 5.73 Å². The van der Waals surface area contributed by atoms with E-state index in [1.807, 2.05) is 53.1 Å². The largest absolute Gasteiger partial charge is 0.392 e. The summed E-state index contributed by atoms with van der Waals surface area (Å²) in [4.78, 5) is 13.8. The van der Waals surface area contributed by atoms with Crippen LogP contribution in [0, 0.1) is 5.82 Å². The van der Waals surface area contributed by atoms with Gasteiger partial charge in [0.25, 0.3) is 0 Å². The molecule has 3 heterocycles. The molecule has 0 fully saturated rings. The smallest absolute Gasteiger partial charge is 0.165 e. The van der Waals surface area contributed by atoms with E-state index in [1.54, 1.807) is 18.3 Å². The highest BCUT2D eigenvalue weighted by atomic mass is 19.1. The Balaban J connectivity index is 1.77. The van der Waals surface area contributed by atoms with Crippen molar-refractivity contribution in [3.8, 4) is 28.3 Å². The summed E-state index contributed by atoms with van der Waals surface area (Å²) in [5.41, 5.74) is 11.3. The van der Waals surface area contributed by atoms with Gasteiger partial charge in [-0.05, 0) is 66.2 Å². The van der Waals surface area contributed by atoms with E-state index in [4.69, 9.17) is 15.7 Å². The highest BCUT2D eigenvalue weighted by Gasteiger charge is 2.18. The number of pyridine rings is 2. The first-order valence-corrected chi connectivity index (χ1v) is 9.70. The number of anilines is 1. The molecule has 0 saturated carbocycles. The van der Waals surface area contributed by atoms with Gasteiger partial charge in [0.2, 0.25) is 0 Å². The number of hydrogen-bond donors (Lipinski definition) is 2. The molecular weight excluding hydrogens is 393 g/mol. The molecular formula is C24H18FN5O. The Morgan fingerprint density at radius 3 is 2.39 bits per heavy atom. The zero-order valence-corrected chi connectivity index (χ0v) is 16.4. The lowest BCUT2D eigenvalue weighted by Crippen LogP contribution is -2.02. The number of aromatic nitrogens is 4. The summed E-state index contributed by atoms with van der Waals surface area (Å²) in [5, 5.41) is 9.40. The van der Waals surface area contributed by atoms with Crippen LogP contribution in [0.25, 0.3) is 39.5 Å². The van der Waals surface area contributed by atoms with Crippen LogP contribution in [0.1, 0.15) is 5.56 Å². The fourth-order valence-corrected chi connectivity index (χ4v) is 3.52. The van der Waals surface area contributed by atoms with E-state index < -0.39 is 0 Å². The topological polar surface area (TPSA) is 89.9 Å². The van der Waals surface area contributed by atoms with Crippen LogP contribution in [-0.4, -0.2) is 24.6 Å². The van der Waals surface area contributed by atoms with Gasteiger partial charge in [-0.2, -0.15) is 0 Å². The van der Waals surface area contributed by atoms with Crippen molar-refractivity contribution in [2.45, 2.75) is 6.61 Å². The monoisotopic (exact) mass is 411 g/mol. The van der Waals surface area contributed by atoms with E-state index in [0.717, 1.165) is 16.8 Å². The van der Waals surface area contributed by atoms with Gasteiger partial charge in [-0.1, -0.05) is 12.1 Å². The second-order valence-corrected chi connectivity index (χ2v) is 7.08. The quantitative estimate of drug-likeness (QED) is 0.459. The molecule has 3 aromatic heterocycles. The Labute approximate surface area is 177 Å². The number of nitrogen functional groups attached to an aromatic ring is 1. The number of rotatable bonds is 4. The average Bonchev–Trinajstić information content (AvgIpc) is 3.18. The second kappa shape index (κ2) is 7.62. The first kappa shape index (κ1) is 18.9. The number of aliphatic hydroxyl groups excluding tert-OH is 1. The zero-order chi connectivity index (χ0) is 21.4. The Morgan fingerprint density at radius 1 is 0.903 bits per heavy atom. The number of fused-ring (bicyclic) bond motifs is 1. The molecule has 0 unspecified atom stereocenters. The maximum atomic E-state index is 13.4. The van der Waals surface area contributed by atoms with Crippen LogP contribution in [0.4, 0.5) is 10.2 Å². The summed E-state index contributed by atoms with van der Waals surface area (Å²) in [7, 11) is 0. The van der Waals surface area contributed by atoms with E-state index in [9.17, 15) is 9.50 Å². The minimum absolute atomic E-state index is 0.0413. The summed E-state index contributed by atoms with van der Waals surface area (Å²) < 4.78 is 15.3. The maximum absolute atomic E-state index is 13.4. The standard InChI is InChI=1S/C24H18FN5O/c25-17-7-5-16(6-8-17)20-11-12-21-24(28-20)30(18-9-3-15(14-31)4-10-18)23(29-21)19-2-1-13-27-22(19)26/h1-13,31H,14H2,(H2,26,27). The number of benzene rings is 2. The summed E-state index contributed by atoms with van der Waals surface area (Å²) in [6.45, 7) is -0.0413. The predicted molar refractivity (Wildman–Crippen MR) is 118 cm³/mol.